The molecule has 1 aliphatic heterocycles. The van der Waals surface area contributed by atoms with Crippen LogP contribution in [0.2, 0.25) is 0 Å². The van der Waals surface area contributed by atoms with Crippen molar-refractivity contribution < 1.29 is 20.0 Å². The van der Waals surface area contributed by atoms with E-state index < -0.39 is 11.7 Å². The Bertz CT molecular complexity index is 314. The third kappa shape index (κ3) is 2.35. The third-order valence-corrected chi connectivity index (χ3v) is 2.59. The first-order valence-corrected chi connectivity index (χ1v) is 4.89. The van der Waals surface area contributed by atoms with Gasteiger partial charge in [0.2, 0.25) is 0 Å². The molecule has 1 aromatic carbocycles. The molecule has 0 aliphatic carbocycles. The van der Waals surface area contributed by atoms with Crippen LogP contribution in [0.4, 0.5) is 0 Å². The maximum absolute atomic E-state index is 10.1. The van der Waals surface area contributed by atoms with E-state index in [1.807, 2.05) is 30.3 Å². The van der Waals surface area contributed by atoms with Crippen LogP contribution in [0.25, 0.3) is 0 Å². The van der Waals surface area contributed by atoms with E-state index in [9.17, 15) is 10.2 Å². The summed E-state index contributed by atoms with van der Waals surface area (Å²) in [7, 11) is 0. The maximum atomic E-state index is 10.1. The zero-order chi connectivity index (χ0) is 10.7. The lowest BCUT2D eigenvalue weighted by molar-refractivity contribution is -0.372. The lowest BCUT2D eigenvalue weighted by Crippen LogP contribution is -2.53. The molecule has 0 aromatic heterocycles. The first-order chi connectivity index (χ1) is 7.21. The summed E-state index contributed by atoms with van der Waals surface area (Å²) in [6.45, 7) is -0.00755. The highest BCUT2D eigenvalue weighted by Crippen LogP contribution is 2.22. The molecule has 0 spiro atoms. The molecule has 0 radical (unpaired) electrons. The molecular weight excluding hydrogens is 196 g/mol. The van der Waals surface area contributed by atoms with E-state index in [1.165, 1.54) is 0 Å². The van der Waals surface area contributed by atoms with E-state index in [-0.39, 0.29) is 13.2 Å². The molecular formula is C11H14O4. The van der Waals surface area contributed by atoms with Gasteiger partial charge in [0.25, 0.3) is 0 Å². The van der Waals surface area contributed by atoms with Crippen molar-refractivity contribution in [2.24, 2.45) is 0 Å². The van der Waals surface area contributed by atoms with Gasteiger partial charge in [-0.15, -0.1) is 0 Å². The lowest BCUT2D eigenvalue weighted by Gasteiger charge is -2.35. The molecule has 4 nitrogen and oxygen atoms in total. The molecule has 2 N–H and O–H groups in total. The predicted molar refractivity (Wildman–Crippen MR) is 53.0 cm³/mol. The van der Waals surface area contributed by atoms with Crippen molar-refractivity contribution >= 4 is 0 Å². The van der Waals surface area contributed by atoms with E-state index in [2.05, 4.69) is 4.89 Å². The maximum Gasteiger partial charge on any atom is 0.123 e. The molecule has 2 rings (SSSR count). The van der Waals surface area contributed by atoms with Crippen LogP contribution >= 0.6 is 0 Å². The molecule has 1 aromatic rings. The fourth-order valence-corrected chi connectivity index (χ4v) is 1.63. The summed E-state index contributed by atoms with van der Waals surface area (Å²) in [6.07, 6.45) is -0.551. The van der Waals surface area contributed by atoms with Crippen LogP contribution in [-0.4, -0.2) is 35.1 Å². The second-order valence-corrected chi connectivity index (χ2v) is 3.83. The predicted octanol–water partition coefficient (Wildman–Crippen LogP) is 0.283. The van der Waals surface area contributed by atoms with Gasteiger partial charge in [-0.25, -0.2) is 9.78 Å². The van der Waals surface area contributed by atoms with Crippen molar-refractivity contribution in [1.29, 1.82) is 0 Å². The summed E-state index contributed by atoms with van der Waals surface area (Å²) in [5.41, 5.74) is -0.288. The van der Waals surface area contributed by atoms with Crippen molar-refractivity contribution in [2.45, 2.75) is 18.1 Å². The number of aliphatic hydroxyl groups is 2. The standard InChI is InChI=1S/C11H14O4/c12-10-7-14-15-8-11(10,13)6-9-4-2-1-3-5-9/h1-5,10,12-13H,6-8H2/t10-,11+/m1/s1. The minimum absolute atomic E-state index is 0.00331. The Hall–Kier alpha value is -0.940. The summed E-state index contributed by atoms with van der Waals surface area (Å²) in [5.74, 6) is 0. The van der Waals surface area contributed by atoms with Crippen LogP contribution in [-0.2, 0) is 16.2 Å². The summed E-state index contributed by atoms with van der Waals surface area (Å²) in [5, 5.41) is 19.8. The van der Waals surface area contributed by atoms with Gasteiger partial charge in [0.15, 0.2) is 0 Å². The smallest absolute Gasteiger partial charge is 0.123 e. The number of aliphatic hydroxyl groups excluding tert-OH is 1. The Morgan fingerprint density at radius 3 is 2.67 bits per heavy atom. The highest BCUT2D eigenvalue weighted by atomic mass is 17.2. The minimum atomic E-state index is -1.25. The Labute approximate surface area is 88.0 Å². The molecule has 1 heterocycles. The summed E-state index contributed by atoms with van der Waals surface area (Å²) < 4.78 is 0. The van der Waals surface area contributed by atoms with Gasteiger partial charge in [0.05, 0.1) is 0 Å². The van der Waals surface area contributed by atoms with Gasteiger partial charge in [-0.1, -0.05) is 30.3 Å². The Kier molecular flexibility index (Phi) is 3.02. The quantitative estimate of drug-likeness (QED) is 0.688. The van der Waals surface area contributed by atoms with Gasteiger partial charge >= 0.3 is 0 Å². The van der Waals surface area contributed by atoms with Crippen molar-refractivity contribution in [2.75, 3.05) is 13.2 Å². The van der Waals surface area contributed by atoms with Crippen LogP contribution in [0.15, 0.2) is 30.3 Å². The van der Waals surface area contributed by atoms with Crippen LogP contribution in [0, 0.1) is 0 Å². The SMILES string of the molecule is O[C@@H]1COOC[C@@]1(O)Cc1ccccc1. The van der Waals surface area contributed by atoms with Crippen molar-refractivity contribution in [3.8, 4) is 0 Å². The van der Waals surface area contributed by atoms with Crippen molar-refractivity contribution in [1.82, 2.24) is 0 Å². The van der Waals surface area contributed by atoms with Gasteiger partial charge < -0.3 is 10.2 Å². The number of benzene rings is 1. The van der Waals surface area contributed by atoms with E-state index in [0.717, 1.165) is 5.56 Å². The lowest BCUT2D eigenvalue weighted by atomic mass is 9.89. The summed E-state index contributed by atoms with van der Waals surface area (Å²) >= 11 is 0. The number of hydrogen-bond acceptors (Lipinski definition) is 4. The van der Waals surface area contributed by atoms with Crippen molar-refractivity contribution in [3.63, 3.8) is 0 Å². The number of hydrogen-bond donors (Lipinski definition) is 2. The highest BCUT2D eigenvalue weighted by molar-refractivity contribution is 5.18. The first-order valence-electron chi connectivity index (χ1n) is 4.89. The minimum Gasteiger partial charge on any atom is -0.387 e. The molecule has 1 saturated heterocycles. The van der Waals surface area contributed by atoms with Gasteiger partial charge in [-0.3, -0.25) is 0 Å². The molecule has 0 saturated carbocycles. The molecule has 0 unspecified atom stereocenters. The summed E-state index contributed by atoms with van der Waals surface area (Å²) in [6, 6.07) is 9.50. The molecule has 0 bridgehead atoms. The van der Waals surface area contributed by atoms with Crippen LogP contribution < -0.4 is 0 Å². The molecule has 4 heteroatoms. The Balaban J connectivity index is 2.09. The monoisotopic (exact) mass is 210 g/mol. The zero-order valence-electron chi connectivity index (χ0n) is 8.30. The Morgan fingerprint density at radius 2 is 2.00 bits per heavy atom. The number of rotatable bonds is 2. The van der Waals surface area contributed by atoms with Crippen LogP contribution in [0.5, 0.6) is 0 Å². The van der Waals surface area contributed by atoms with Gasteiger partial charge in [0.1, 0.15) is 24.9 Å². The fraction of sp³-hybridized carbons (Fsp3) is 0.455. The molecule has 15 heavy (non-hydrogen) atoms. The second kappa shape index (κ2) is 4.28. The molecule has 0 amide bonds. The topological polar surface area (TPSA) is 58.9 Å². The average molecular weight is 210 g/mol. The largest absolute Gasteiger partial charge is 0.387 e. The van der Waals surface area contributed by atoms with Gasteiger partial charge in [-0.2, -0.15) is 0 Å². The van der Waals surface area contributed by atoms with Crippen LogP contribution in [0.1, 0.15) is 5.56 Å². The fourth-order valence-electron chi connectivity index (χ4n) is 1.63. The average Bonchev–Trinajstić information content (AvgIpc) is 2.24. The molecule has 2 atom stereocenters. The molecule has 82 valence electrons. The van der Waals surface area contributed by atoms with Crippen molar-refractivity contribution in [3.05, 3.63) is 35.9 Å². The molecule has 1 fully saturated rings. The normalized spacial score (nSPS) is 31.5. The Morgan fingerprint density at radius 1 is 1.27 bits per heavy atom. The highest BCUT2D eigenvalue weighted by Gasteiger charge is 2.40. The van der Waals surface area contributed by atoms with E-state index in [0.29, 0.717) is 6.42 Å². The second-order valence-electron chi connectivity index (χ2n) is 3.83. The van der Waals surface area contributed by atoms with E-state index >= 15 is 0 Å². The van der Waals surface area contributed by atoms with E-state index in [1.54, 1.807) is 0 Å². The van der Waals surface area contributed by atoms with Crippen LogP contribution in [0.3, 0.4) is 0 Å². The van der Waals surface area contributed by atoms with Gasteiger partial charge in [0, 0.05) is 6.42 Å². The molecule has 1 aliphatic rings. The van der Waals surface area contributed by atoms with E-state index in [4.69, 9.17) is 4.89 Å². The zero-order valence-corrected chi connectivity index (χ0v) is 8.30. The third-order valence-electron chi connectivity index (χ3n) is 2.59. The van der Waals surface area contributed by atoms with Gasteiger partial charge in [-0.05, 0) is 5.56 Å². The summed E-state index contributed by atoms with van der Waals surface area (Å²) in [4.78, 5) is 9.32. The first kappa shape index (κ1) is 10.6.